The fourth-order valence-corrected chi connectivity index (χ4v) is 9.82. The zero-order valence-electron chi connectivity index (χ0n) is 27.2. The number of amides is 2. The average Bonchev–Trinajstić information content (AvgIpc) is 3.37. The lowest BCUT2D eigenvalue weighted by Gasteiger charge is -2.60. The minimum atomic E-state index is -0.281. The topological polar surface area (TPSA) is 120 Å². The van der Waals surface area contributed by atoms with Gasteiger partial charge in [-0.2, -0.15) is 0 Å². The van der Waals surface area contributed by atoms with Crippen molar-refractivity contribution in [3.8, 4) is 17.3 Å². The van der Waals surface area contributed by atoms with Crippen LogP contribution >= 0.6 is 11.6 Å². The van der Waals surface area contributed by atoms with E-state index >= 15 is 0 Å². The van der Waals surface area contributed by atoms with Crippen LogP contribution in [0.4, 0.5) is 0 Å². The summed E-state index contributed by atoms with van der Waals surface area (Å²) < 4.78 is 10.1. The van der Waals surface area contributed by atoms with Crippen LogP contribution in [0.25, 0.3) is 28.1 Å². The Morgan fingerprint density at radius 2 is 1.98 bits per heavy atom. The summed E-state index contributed by atoms with van der Waals surface area (Å²) in [6.07, 6.45) is 7.96. The number of nitrogens with zero attached hydrogens (tertiary/aromatic N) is 5. The molecule has 246 valence electrons. The third-order valence-electron chi connectivity index (χ3n) is 12.2. The number of rotatable bonds is 8. The summed E-state index contributed by atoms with van der Waals surface area (Å²) in [5, 5.41) is 4.42. The molecular weight excluding hydrogens is 614 g/mol. The number of nitrogens with two attached hydrogens (primary N) is 1. The maximum atomic E-state index is 13.8. The summed E-state index contributed by atoms with van der Waals surface area (Å²) in [5.41, 5.74) is 11.8. The zero-order valence-corrected chi connectivity index (χ0v) is 28.0. The number of carbonyl (C=O) groups is 2. The number of hydrogen-bond donors (Lipinski definition) is 2. The van der Waals surface area contributed by atoms with Crippen molar-refractivity contribution in [1.82, 2.24) is 29.2 Å². The Labute approximate surface area is 279 Å². The molecule has 4 aromatic rings. The van der Waals surface area contributed by atoms with Crippen LogP contribution in [0.5, 0.6) is 5.88 Å². The van der Waals surface area contributed by atoms with E-state index in [1.165, 1.54) is 12.8 Å². The summed E-state index contributed by atoms with van der Waals surface area (Å²) in [4.78, 5) is 39.4. The van der Waals surface area contributed by atoms with Crippen molar-refractivity contribution in [2.24, 2.45) is 23.0 Å². The van der Waals surface area contributed by atoms with E-state index in [1.54, 1.807) is 7.11 Å². The minimum absolute atomic E-state index is 0.00134. The first-order chi connectivity index (χ1) is 22.7. The lowest BCUT2D eigenvalue weighted by Crippen LogP contribution is -2.64. The van der Waals surface area contributed by atoms with Gasteiger partial charge in [-0.1, -0.05) is 0 Å². The summed E-state index contributed by atoms with van der Waals surface area (Å²) in [5.74, 6) is 1.60. The van der Waals surface area contributed by atoms with Gasteiger partial charge in [0.05, 0.1) is 35.6 Å². The first-order valence-corrected chi connectivity index (χ1v) is 17.7. The Hall–Kier alpha value is -3.63. The Morgan fingerprint density at radius 3 is 2.62 bits per heavy atom. The number of hydrogen-bond acceptors (Lipinski definition) is 6. The molecule has 10 nitrogen and oxygen atoms in total. The number of aryl methyl sites for hydroxylation is 1. The molecule has 4 aromatic heterocycles. The van der Waals surface area contributed by atoms with E-state index < -0.39 is 0 Å². The molecule has 3 saturated carbocycles. The van der Waals surface area contributed by atoms with Crippen LogP contribution < -0.4 is 15.8 Å². The molecule has 2 amide bonds. The van der Waals surface area contributed by atoms with Gasteiger partial charge in [0.25, 0.3) is 5.91 Å². The molecule has 11 heteroatoms. The maximum absolute atomic E-state index is 13.8. The largest absolute Gasteiger partial charge is 0.482 e. The number of ether oxygens (including phenoxy) is 1. The lowest BCUT2D eigenvalue weighted by molar-refractivity contribution is -0.156. The molecular formula is C36H42ClN7O3. The van der Waals surface area contributed by atoms with E-state index in [2.05, 4.69) is 22.0 Å². The molecule has 2 aliphatic heterocycles. The van der Waals surface area contributed by atoms with E-state index in [9.17, 15) is 9.59 Å². The SMILES string of the molecule is COc1cc(C(=O)N2[C@H]3CC[C@@H]2[C@H](N)C3)cc2nc(-c3cc4ccc([C@@H](C)NC(=O)C56CCC5C(Cl)C6)nc4n3CC3CC3)c(C)n12. The monoisotopic (exact) mass is 655 g/mol. The molecule has 3 unspecified atom stereocenters. The zero-order chi connectivity index (χ0) is 32.4. The fraction of sp³-hybridized carbons (Fsp3) is 0.556. The number of fused-ring (bicyclic) bond motifs is 5. The number of alkyl halides is 1. The molecule has 0 spiro atoms. The van der Waals surface area contributed by atoms with Crippen molar-refractivity contribution in [3.63, 3.8) is 0 Å². The normalized spacial score (nSPS) is 29.9. The highest BCUT2D eigenvalue weighted by Gasteiger charge is 2.63. The van der Waals surface area contributed by atoms with Gasteiger partial charge in [0, 0.05) is 47.1 Å². The number of halogens is 1. The lowest BCUT2D eigenvalue weighted by atomic mass is 9.47. The van der Waals surface area contributed by atoms with Gasteiger partial charge in [-0.05, 0) is 101 Å². The highest BCUT2D eigenvalue weighted by Crippen LogP contribution is 2.63. The van der Waals surface area contributed by atoms with Crippen LogP contribution in [0.15, 0.2) is 30.3 Å². The van der Waals surface area contributed by atoms with Crippen LogP contribution in [-0.2, 0) is 11.3 Å². The first-order valence-electron chi connectivity index (χ1n) is 17.3. The second-order valence-electron chi connectivity index (χ2n) is 14.9. The second-order valence-corrected chi connectivity index (χ2v) is 15.4. The predicted octanol–water partition coefficient (Wildman–Crippen LogP) is 5.37. The van der Waals surface area contributed by atoms with Crippen molar-refractivity contribution in [2.75, 3.05) is 7.11 Å². The van der Waals surface area contributed by atoms with Crippen molar-refractivity contribution >= 4 is 40.1 Å². The summed E-state index contributed by atoms with van der Waals surface area (Å²) in [7, 11) is 1.64. The molecule has 2 bridgehead atoms. The van der Waals surface area contributed by atoms with Gasteiger partial charge in [-0.25, -0.2) is 9.97 Å². The minimum Gasteiger partial charge on any atom is -0.482 e. The van der Waals surface area contributed by atoms with E-state index in [-0.39, 0.29) is 46.8 Å². The van der Waals surface area contributed by atoms with Crippen molar-refractivity contribution in [1.29, 1.82) is 0 Å². The van der Waals surface area contributed by atoms with Gasteiger partial charge in [0.2, 0.25) is 5.91 Å². The molecule has 0 aromatic carbocycles. The molecule has 7 atom stereocenters. The van der Waals surface area contributed by atoms with E-state index in [4.69, 9.17) is 32.0 Å². The molecule has 3 N–H and O–H groups in total. The molecule has 47 heavy (non-hydrogen) atoms. The maximum Gasteiger partial charge on any atom is 0.254 e. The van der Waals surface area contributed by atoms with Crippen LogP contribution in [0.1, 0.15) is 86.1 Å². The summed E-state index contributed by atoms with van der Waals surface area (Å²) >= 11 is 6.40. The number of imidazole rings is 1. The predicted molar refractivity (Wildman–Crippen MR) is 179 cm³/mol. The van der Waals surface area contributed by atoms with Crippen LogP contribution in [0.3, 0.4) is 0 Å². The van der Waals surface area contributed by atoms with Crippen LogP contribution in [0.2, 0.25) is 0 Å². The van der Waals surface area contributed by atoms with Crippen LogP contribution in [-0.4, -0.2) is 66.3 Å². The van der Waals surface area contributed by atoms with Gasteiger partial charge in [-0.15, -0.1) is 11.6 Å². The number of aromatic nitrogens is 4. The molecule has 0 radical (unpaired) electrons. The highest BCUT2D eigenvalue weighted by molar-refractivity contribution is 6.22. The van der Waals surface area contributed by atoms with Crippen molar-refractivity contribution in [2.45, 2.75) is 101 Å². The second kappa shape index (κ2) is 10.4. The van der Waals surface area contributed by atoms with Crippen LogP contribution in [0, 0.1) is 24.2 Å². The third kappa shape index (κ3) is 4.32. The number of pyridine rings is 2. The number of methoxy groups -OCH3 is 1. The number of nitrogens with one attached hydrogen (secondary N) is 1. The van der Waals surface area contributed by atoms with Gasteiger partial charge < -0.3 is 25.3 Å². The van der Waals surface area contributed by atoms with E-state index in [1.807, 2.05) is 41.3 Å². The van der Waals surface area contributed by atoms with E-state index in [0.717, 1.165) is 78.9 Å². The Morgan fingerprint density at radius 1 is 1.15 bits per heavy atom. The van der Waals surface area contributed by atoms with E-state index in [0.29, 0.717) is 28.9 Å². The van der Waals surface area contributed by atoms with Gasteiger partial charge in [0.1, 0.15) is 17.0 Å². The quantitative estimate of drug-likeness (QED) is 0.247. The first kappa shape index (κ1) is 29.5. The van der Waals surface area contributed by atoms with Gasteiger partial charge in [0.15, 0.2) is 5.88 Å². The molecule has 2 saturated heterocycles. The molecule has 6 heterocycles. The van der Waals surface area contributed by atoms with Crippen molar-refractivity contribution < 1.29 is 14.3 Å². The standard InChI is InChI=1S/C36H42ClN7O3/c1-18(39-35(46)36-11-10-24(36)25(37)16-36)27-8-6-21-12-29(42(33(21)40-27)17-20-4-5-20)32-19(2)43-30(41-32)13-22(14-31(43)47-3)34(45)44-23-7-9-28(44)26(38)15-23/h6,8,12-14,18,20,23-26,28H,4-5,7,9-11,15-17,38H2,1-3H3,(H,39,46)/t18-,23+,24?,25?,26-,28-,36?/m1/s1. The Bertz CT molecular complexity index is 1960. The van der Waals surface area contributed by atoms with Gasteiger partial charge >= 0.3 is 0 Å². The third-order valence-corrected chi connectivity index (χ3v) is 12.6. The Balaban J connectivity index is 1.08. The molecule has 3 aliphatic carbocycles. The highest BCUT2D eigenvalue weighted by atomic mass is 35.5. The summed E-state index contributed by atoms with van der Waals surface area (Å²) in [6, 6.07) is 10.2. The molecule has 5 aliphatic rings. The average molecular weight is 656 g/mol. The fourth-order valence-electron chi connectivity index (χ4n) is 9.17. The van der Waals surface area contributed by atoms with Crippen molar-refractivity contribution in [3.05, 3.63) is 47.3 Å². The molecule has 5 fully saturated rings. The summed E-state index contributed by atoms with van der Waals surface area (Å²) in [6.45, 7) is 4.92. The Kier molecular flexibility index (Phi) is 6.55. The number of carbonyl (C=O) groups excluding carboxylic acids is 2. The molecule has 9 rings (SSSR count). The smallest absolute Gasteiger partial charge is 0.254 e. The van der Waals surface area contributed by atoms with Gasteiger partial charge in [-0.3, -0.25) is 14.0 Å².